The number of methoxy groups -OCH3 is 1. The van der Waals surface area contributed by atoms with Crippen molar-refractivity contribution in [2.24, 2.45) is 0 Å². The number of aromatic nitrogens is 2. The van der Waals surface area contributed by atoms with Crippen molar-refractivity contribution in [1.82, 2.24) is 15.4 Å². The van der Waals surface area contributed by atoms with Crippen LogP contribution in [0.15, 0.2) is 54.9 Å². The Kier molecular flexibility index (Phi) is 7.97. The maximum atomic E-state index is 10.9. The van der Waals surface area contributed by atoms with Gasteiger partial charge < -0.3 is 19.5 Å². The summed E-state index contributed by atoms with van der Waals surface area (Å²) < 4.78 is 16.6. The minimum atomic E-state index is -0.622. The molecule has 0 atom stereocenters. The smallest absolute Gasteiger partial charge is 0.267 e. The molecule has 0 saturated heterocycles. The Morgan fingerprint density at radius 2 is 2.09 bits per heavy atom. The van der Waals surface area contributed by atoms with Crippen LogP contribution in [0.2, 0.25) is 0 Å². The number of hydrogen-bond acceptors (Lipinski definition) is 8. The predicted octanol–water partition coefficient (Wildman–Crippen LogP) is 2.82. The Morgan fingerprint density at radius 1 is 1.22 bits per heavy atom. The molecule has 0 unspecified atom stereocenters. The van der Waals surface area contributed by atoms with E-state index in [9.17, 15) is 4.79 Å². The van der Waals surface area contributed by atoms with Crippen LogP contribution in [0.1, 0.15) is 5.56 Å². The second-order valence-electron chi connectivity index (χ2n) is 6.39. The third kappa shape index (κ3) is 5.95. The third-order valence-electron chi connectivity index (χ3n) is 4.29. The molecule has 0 aliphatic heterocycles. The van der Waals surface area contributed by atoms with Gasteiger partial charge in [0.1, 0.15) is 18.8 Å². The van der Waals surface area contributed by atoms with Crippen molar-refractivity contribution in [3.63, 3.8) is 0 Å². The van der Waals surface area contributed by atoms with Crippen LogP contribution in [-0.4, -0.2) is 48.0 Å². The van der Waals surface area contributed by atoms with Gasteiger partial charge in [-0.25, -0.2) is 15.4 Å². The van der Waals surface area contributed by atoms with Gasteiger partial charge in [0.2, 0.25) is 0 Å². The number of fused-ring (bicyclic) bond motifs is 1. The van der Waals surface area contributed by atoms with Crippen LogP contribution in [0.25, 0.3) is 10.9 Å². The zero-order chi connectivity index (χ0) is 22.8. The highest BCUT2D eigenvalue weighted by Crippen LogP contribution is 2.34. The Balaban J connectivity index is 1.72. The van der Waals surface area contributed by atoms with Gasteiger partial charge in [-0.3, -0.25) is 10.0 Å². The average Bonchev–Trinajstić information content (AvgIpc) is 2.83. The van der Waals surface area contributed by atoms with E-state index in [1.165, 1.54) is 24.0 Å². The van der Waals surface area contributed by atoms with E-state index in [2.05, 4.69) is 21.2 Å². The zero-order valence-corrected chi connectivity index (χ0v) is 17.4. The topological polar surface area (TPSA) is 115 Å². The molecule has 1 heterocycles. The molecule has 0 radical (unpaired) electrons. The van der Waals surface area contributed by atoms with Gasteiger partial charge in [0.15, 0.2) is 11.5 Å². The summed E-state index contributed by atoms with van der Waals surface area (Å²) in [5.41, 5.74) is 3.74. The van der Waals surface area contributed by atoms with Gasteiger partial charge in [0.05, 0.1) is 25.8 Å². The first kappa shape index (κ1) is 22.6. The summed E-state index contributed by atoms with van der Waals surface area (Å²) in [7, 11) is 1.55. The molecule has 9 nitrogen and oxygen atoms in total. The summed E-state index contributed by atoms with van der Waals surface area (Å²) in [6.45, 7) is 0.731. The van der Waals surface area contributed by atoms with E-state index < -0.39 is 5.91 Å². The van der Waals surface area contributed by atoms with Gasteiger partial charge in [-0.2, -0.15) is 0 Å². The maximum Gasteiger partial charge on any atom is 0.267 e. The Labute approximate surface area is 185 Å². The highest BCUT2D eigenvalue weighted by molar-refractivity contribution is 5.93. The largest absolute Gasteiger partial charge is 0.493 e. The minimum Gasteiger partial charge on any atom is -0.493 e. The number of carbonyl (C=O) groups is 1. The van der Waals surface area contributed by atoms with Crippen molar-refractivity contribution in [2.45, 2.75) is 0 Å². The summed E-state index contributed by atoms with van der Waals surface area (Å²) in [5.74, 6) is 3.62. The Bertz CT molecular complexity index is 1160. The third-order valence-corrected chi connectivity index (χ3v) is 4.29. The lowest BCUT2D eigenvalue weighted by molar-refractivity contribution is -0.124. The molecule has 164 valence electrons. The van der Waals surface area contributed by atoms with Crippen LogP contribution in [0.3, 0.4) is 0 Å². The molecule has 2 aromatic carbocycles. The first-order valence-electron chi connectivity index (χ1n) is 9.62. The number of anilines is 2. The number of terminal acetylenes is 1. The van der Waals surface area contributed by atoms with Crippen LogP contribution < -0.4 is 20.3 Å². The normalized spacial score (nSPS) is 10.7. The van der Waals surface area contributed by atoms with Gasteiger partial charge in [-0.05, 0) is 24.3 Å². The van der Waals surface area contributed by atoms with Gasteiger partial charge in [-0.15, -0.1) is 6.42 Å². The number of carbonyl (C=O) groups excluding carboxylic acids is 1. The van der Waals surface area contributed by atoms with Crippen molar-refractivity contribution in [3.05, 3.63) is 60.4 Å². The van der Waals surface area contributed by atoms with Gasteiger partial charge in [-0.1, -0.05) is 18.1 Å². The molecule has 0 aliphatic carbocycles. The van der Waals surface area contributed by atoms with Crippen LogP contribution in [0.5, 0.6) is 11.5 Å². The van der Waals surface area contributed by atoms with E-state index in [0.29, 0.717) is 22.8 Å². The molecular weight excluding hydrogens is 412 g/mol. The summed E-state index contributed by atoms with van der Waals surface area (Å²) in [6, 6.07) is 11.0. The fourth-order valence-corrected chi connectivity index (χ4v) is 2.81. The first-order valence-corrected chi connectivity index (χ1v) is 9.62. The van der Waals surface area contributed by atoms with Crippen LogP contribution in [-0.2, 0) is 9.53 Å². The Hall–Kier alpha value is -4.13. The van der Waals surface area contributed by atoms with Crippen LogP contribution in [0.4, 0.5) is 11.5 Å². The SMILES string of the molecule is C#Cc1cccc(Nc2ncnc3cc(OC)c(OCCOC/C=C/C(=O)NO)cc23)c1. The van der Waals surface area contributed by atoms with Gasteiger partial charge >= 0.3 is 0 Å². The quantitative estimate of drug-likeness (QED) is 0.147. The molecule has 9 heteroatoms. The molecule has 3 aromatic rings. The first-order chi connectivity index (χ1) is 15.6. The second kappa shape index (κ2) is 11.3. The Morgan fingerprint density at radius 3 is 2.88 bits per heavy atom. The zero-order valence-electron chi connectivity index (χ0n) is 17.4. The van der Waals surface area contributed by atoms with Crippen LogP contribution in [0, 0.1) is 12.3 Å². The fourth-order valence-electron chi connectivity index (χ4n) is 2.81. The summed E-state index contributed by atoms with van der Waals surface area (Å²) in [5, 5.41) is 12.4. The molecule has 32 heavy (non-hydrogen) atoms. The maximum absolute atomic E-state index is 10.9. The van der Waals surface area contributed by atoms with Crippen LogP contribution >= 0.6 is 0 Å². The molecule has 0 saturated carbocycles. The summed E-state index contributed by atoms with van der Waals surface area (Å²) >= 11 is 0. The molecule has 1 amide bonds. The van der Waals surface area contributed by atoms with E-state index in [1.807, 2.05) is 24.3 Å². The summed E-state index contributed by atoms with van der Waals surface area (Å²) in [6.07, 6.45) is 9.60. The molecule has 0 aliphatic rings. The average molecular weight is 434 g/mol. The molecule has 3 rings (SSSR count). The number of hydroxylamine groups is 1. The van der Waals surface area contributed by atoms with Crippen molar-refractivity contribution >= 4 is 28.3 Å². The van der Waals surface area contributed by atoms with Gasteiger partial charge in [0, 0.05) is 28.8 Å². The second-order valence-corrected chi connectivity index (χ2v) is 6.39. The van der Waals surface area contributed by atoms with Crippen molar-refractivity contribution in [2.75, 3.05) is 32.2 Å². The molecule has 0 spiro atoms. The predicted molar refractivity (Wildman–Crippen MR) is 119 cm³/mol. The molecule has 3 N–H and O–H groups in total. The lowest BCUT2D eigenvalue weighted by Crippen LogP contribution is -2.15. The van der Waals surface area contributed by atoms with E-state index in [0.717, 1.165) is 16.6 Å². The number of hydrogen-bond donors (Lipinski definition) is 3. The van der Waals surface area contributed by atoms with Crippen molar-refractivity contribution in [1.29, 1.82) is 0 Å². The lowest BCUT2D eigenvalue weighted by Gasteiger charge is -2.14. The highest BCUT2D eigenvalue weighted by Gasteiger charge is 2.12. The number of ether oxygens (including phenoxy) is 3. The summed E-state index contributed by atoms with van der Waals surface area (Å²) in [4.78, 5) is 19.5. The van der Waals surface area contributed by atoms with E-state index in [1.54, 1.807) is 19.2 Å². The highest BCUT2D eigenvalue weighted by atomic mass is 16.5. The fraction of sp³-hybridized carbons (Fsp3) is 0.174. The number of amides is 1. The standard InChI is InChI=1S/C23H22N4O5/c1-3-16-6-4-7-17(12-16)26-23-18-13-21(20(30-2)14-19(18)24-15-25-23)32-11-10-31-9-5-8-22(28)27-29/h1,4-8,12-15,29H,9-11H2,2H3,(H,27,28)(H,24,25,26)/b8-5+. The van der Waals surface area contributed by atoms with E-state index >= 15 is 0 Å². The molecule has 1 aromatic heterocycles. The number of benzene rings is 2. The monoisotopic (exact) mass is 434 g/mol. The van der Waals surface area contributed by atoms with Crippen molar-refractivity contribution in [3.8, 4) is 23.8 Å². The minimum absolute atomic E-state index is 0.199. The van der Waals surface area contributed by atoms with E-state index in [-0.39, 0.29) is 19.8 Å². The van der Waals surface area contributed by atoms with E-state index in [4.69, 9.17) is 25.8 Å². The number of nitrogens with one attached hydrogen (secondary N) is 2. The molecular formula is C23H22N4O5. The molecule has 0 bridgehead atoms. The van der Waals surface area contributed by atoms with Gasteiger partial charge in [0.25, 0.3) is 5.91 Å². The molecule has 0 fully saturated rings. The van der Waals surface area contributed by atoms with Crippen molar-refractivity contribution < 1.29 is 24.2 Å². The lowest BCUT2D eigenvalue weighted by atomic mass is 10.2. The number of nitrogens with zero attached hydrogens (tertiary/aromatic N) is 2. The number of rotatable bonds is 10.